The summed E-state index contributed by atoms with van der Waals surface area (Å²) in [6.45, 7) is 22.2. The highest BCUT2D eigenvalue weighted by Gasteiger charge is 2.16. The van der Waals surface area contributed by atoms with Gasteiger partial charge in [-0.3, -0.25) is 24.0 Å². The molecule has 0 atom stereocenters. The van der Waals surface area contributed by atoms with Crippen molar-refractivity contribution in [2.45, 2.75) is 388 Å². The average molecular weight is 1340 g/mol. The third-order valence-corrected chi connectivity index (χ3v) is 19.5. The lowest BCUT2D eigenvalue weighted by molar-refractivity contribution is -0.123. The molecule has 0 saturated carbocycles. The lowest BCUT2D eigenvalue weighted by Crippen LogP contribution is -2.43. The van der Waals surface area contributed by atoms with Gasteiger partial charge in [-0.1, -0.05) is 324 Å². The van der Waals surface area contributed by atoms with Crippen LogP contribution in [-0.4, -0.2) is 149 Å². The normalized spacial score (nSPS) is 11.6. The number of carbonyl (C=O) groups excluding carboxylic acids is 5. The van der Waals surface area contributed by atoms with Crippen LogP contribution >= 0.6 is 0 Å². The van der Waals surface area contributed by atoms with Crippen LogP contribution in [0.3, 0.4) is 0 Å². The van der Waals surface area contributed by atoms with E-state index in [1.807, 2.05) is 0 Å². The highest BCUT2D eigenvalue weighted by molar-refractivity contribution is 5.77. The van der Waals surface area contributed by atoms with E-state index in [1.54, 1.807) is 0 Å². The molecule has 0 aromatic carbocycles. The number of unbranched alkanes of at least 4 members (excludes halogenated alkanes) is 45. The fourth-order valence-corrected chi connectivity index (χ4v) is 12.8. The Labute approximate surface area is 589 Å². The summed E-state index contributed by atoms with van der Waals surface area (Å²) in [7, 11) is 0. The second-order valence-corrected chi connectivity index (χ2v) is 28.7. The van der Waals surface area contributed by atoms with Crippen molar-refractivity contribution in [3.8, 4) is 0 Å². The molecule has 0 bridgehead atoms. The van der Waals surface area contributed by atoms with Crippen LogP contribution in [0.4, 0.5) is 0 Å². The number of amides is 5. The Morgan fingerprint density at radius 3 is 0.505 bits per heavy atom. The Morgan fingerprint density at radius 2 is 0.326 bits per heavy atom. The largest absolute Gasteiger partial charge is 0.356 e. The lowest BCUT2D eigenvalue weighted by atomic mass is 10.1. The molecule has 0 aliphatic carbocycles. The number of hydrogen-bond donors (Lipinski definition) is 6. The second kappa shape index (κ2) is 76.9. The molecule has 0 aromatic heterocycles. The van der Waals surface area contributed by atoms with Gasteiger partial charge < -0.3 is 46.6 Å². The van der Waals surface area contributed by atoms with Crippen molar-refractivity contribution < 1.29 is 24.0 Å². The van der Waals surface area contributed by atoms with E-state index in [4.69, 9.17) is 0 Å². The molecule has 6 N–H and O–H groups in total. The maximum absolute atomic E-state index is 13.4. The topological polar surface area (TPSA) is 167 Å². The quantitative estimate of drug-likeness (QED) is 0.0325. The molecule has 0 radical (unpaired) electrons. The monoisotopic (exact) mass is 1340 g/mol. The number of rotatable bonds is 79. The minimum Gasteiger partial charge on any atom is -0.356 e. The van der Waals surface area contributed by atoms with Gasteiger partial charge >= 0.3 is 0 Å². The summed E-state index contributed by atoms with van der Waals surface area (Å²) in [5.74, 6) is 0.387. The first-order valence-electron chi connectivity index (χ1n) is 41.9. The minimum absolute atomic E-state index is 0.0699. The molecule has 0 heterocycles. The first kappa shape index (κ1) is 92.2. The smallest absolute Gasteiger partial charge is 0.221 e. The summed E-state index contributed by atoms with van der Waals surface area (Å²) in [6.07, 6.45) is 65.3. The maximum Gasteiger partial charge on any atom is 0.221 e. The van der Waals surface area contributed by atoms with Crippen molar-refractivity contribution in [3.05, 3.63) is 0 Å². The number of nitrogens with one attached hydrogen (secondary N) is 6. The first-order chi connectivity index (χ1) is 46.7. The molecule has 14 heteroatoms. The van der Waals surface area contributed by atoms with E-state index >= 15 is 0 Å². The Hall–Kier alpha value is -2.81. The van der Waals surface area contributed by atoms with E-state index in [-0.39, 0.29) is 29.5 Å². The van der Waals surface area contributed by atoms with Crippen molar-refractivity contribution in [3.63, 3.8) is 0 Å². The Morgan fingerprint density at radius 1 is 0.179 bits per heavy atom. The van der Waals surface area contributed by atoms with Crippen LogP contribution in [0.5, 0.6) is 0 Å². The molecule has 0 aliphatic heterocycles. The molecule has 0 saturated heterocycles. The van der Waals surface area contributed by atoms with Crippen molar-refractivity contribution in [2.24, 2.45) is 0 Å². The maximum atomic E-state index is 13.4. The van der Waals surface area contributed by atoms with Crippen LogP contribution in [0, 0.1) is 0 Å². The average Bonchev–Trinajstić information content (AvgIpc) is 3.51. The predicted octanol–water partition coefficient (Wildman–Crippen LogP) is 18.6. The highest BCUT2D eigenvalue weighted by atomic mass is 16.2. The summed E-state index contributed by atoms with van der Waals surface area (Å²) in [6, 6.07) is 0. The van der Waals surface area contributed by atoms with Gasteiger partial charge in [-0.05, 0) is 32.1 Å². The summed E-state index contributed by atoms with van der Waals surface area (Å²) in [4.78, 5) is 73.3. The third-order valence-electron chi connectivity index (χ3n) is 19.5. The SMILES string of the molecule is CCCCCCCCCCCCNC(=O)CCN(CCNCCN(CCC(=O)NCCCCCCCCCCCC)CCN(CCC(=O)NCCCCCCCCCCCC)CCC(=O)NCCCCCCCCCCCC)CCC(=O)NCCCCCCCCCCCC. The number of carbonyl (C=O) groups is 5. The van der Waals surface area contributed by atoms with Crippen molar-refractivity contribution in [1.29, 1.82) is 0 Å². The number of hydrogen-bond acceptors (Lipinski definition) is 9. The van der Waals surface area contributed by atoms with Crippen molar-refractivity contribution >= 4 is 29.5 Å². The molecule has 562 valence electrons. The van der Waals surface area contributed by atoms with Crippen LogP contribution in [0.1, 0.15) is 388 Å². The van der Waals surface area contributed by atoms with Crippen LogP contribution in [0.25, 0.3) is 0 Å². The molecule has 0 aromatic rings. The van der Waals surface area contributed by atoms with Crippen LogP contribution < -0.4 is 31.9 Å². The third kappa shape index (κ3) is 72.3. The minimum atomic E-state index is 0.0699. The fourth-order valence-electron chi connectivity index (χ4n) is 12.8. The van der Waals surface area contributed by atoms with E-state index in [2.05, 4.69) is 81.2 Å². The van der Waals surface area contributed by atoms with Gasteiger partial charge in [0.05, 0.1) is 0 Å². The van der Waals surface area contributed by atoms with Gasteiger partial charge in [0.15, 0.2) is 0 Å². The zero-order valence-electron chi connectivity index (χ0n) is 64.1. The Kier molecular flexibility index (Phi) is 74.7. The van der Waals surface area contributed by atoms with Crippen molar-refractivity contribution in [2.75, 3.05) is 105 Å². The summed E-state index contributed by atoms with van der Waals surface area (Å²) >= 11 is 0. The molecule has 0 rings (SSSR count). The molecular weight excluding hydrogens is 1180 g/mol. The predicted molar refractivity (Wildman–Crippen MR) is 410 cm³/mol. The van der Waals surface area contributed by atoms with E-state index in [9.17, 15) is 24.0 Å². The van der Waals surface area contributed by atoms with Crippen LogP contribution in [0.15, 0.2) is 0 Å². The molecule has 0 fully saturated rings. The lowest BCUT2D eigenvalue weighted by Gasteiger charge is -2.28. The van der Waals surface area contributed by atoms with Gasteiger partial charge in [0.1, 0.15) is 0 Å². The van der Waals surface area contributed by atoms with Crippen LogP contribution in [0.2, 0.25) is 0 Å². The van der Waals surface area contributed by atoms with E-state index < -0.39 is 0 Å². The Balaban J connectivity index is 5.83. The van der Waals surface area contributed by atoms with Gasteiger partial charge in [0.25, 0.3) is 0 Å². The Bertz CT molecular complexity index is 1560. The molecular formula is C81H163N9O5. The van der Waals surface area contributed by atoms with Gasteiger partial charge in [-0.25, -0.2) is 0 Å². The van der Waals surface area contributed by atoms with Gasteiger partial charge in [-0.2, -0.15) is 0 Å². The van der Waals surface area contributed by atoms with Gasteiger partial charge in [0, 0.05) is 137 Å². The standard InChI is InChI=1S/C81H163N9O5/c1-6-11-16-21-26-31-36-41-46-51-61-83-77(91)56-68-88(69-57-78(92)84-62-52-47-42-37-32-27-22-17-12-7-2)73-66-82-67-74-90(72-60-81(95)87-65-55-50-45-40-35-30-25-20-15-10-5)76-75-89(70-58-79(93)85-63-53-48-43-38-33-28-23-18-13-8-3)71-59-80(94)86-64-54-49-44-39-34-29-24-19-14-9-4/h82H,6-76H2,1-5H3,(H,83,91)(H,84,92)(H,85,93)(H,86,94)(H,87,95). The molecule has 5 amide bonds. The van der Waals surface area contributed by atoms with Gasteiger partial charge in [0.2, 0.25) is 29.5 Å². The highest BCUT2D eigenvalue weighted by Crippen LogP contribution is 2.15. The van der Waals surface area contributed by atoms with E-state index in [0.29, 0.717) is 104 Å². The summed E-state index contributed by atoms with van der Waals surface area (Å²) in [5.41, 5.74) is 0. The van der Waals surface area contributed by atoms with Crippen LogP contribution in [-0.2, 0) is 24.0 Å². The zero-order chi connectivity index (χ0) is 69.1. The summed E-state index contributed by atoms with van der Waals surface area (Å²) in [5, 5.41) is 19.7. The van der Waals surface area contributed by atoms with Gasteiger partial charge in [-0.15, -0.1) is 0 Å². The zero-order valence-corrected chi connectivity index (χ0v) is 64.1. The number of nitrogens with zero attached hydrogens (tertiary/aromatic N) is 3. The molecule has 0 unspecified atom stereocenters. The molecule has 0 spiro atoms. The molecule has 95 heavy (non-hydrogen) atoms. The molecule has 14 nitrogen and oxygen atoms in total. The second-order valence-electron chi connectivity index (χ2n) is 28.7. The van der Waals surface area contributed by atoms with E-state index in [0.717, 1.165) is 96.9 Å². The summed E-state index contributed by atoms with van der Waals surface area (Å²) < 4.78 is 0. The van der Waals surface area contributed by atoms with E-state index in [1.165, 1.54) is 257 Å². The molecule has 0 aliphatic rings. The fraction of sp³-hybridized carbons (Fsp3) is 0.938. The van der Waals surface area contributed by atoms with Crippen molar-refractivity contribution in [1.82, 2.24) is 46.6 Å². The first-order valence-corrected chi connectivity index (χ1v) is 41.9.